The van der Waals surface area contributed by atoms with E-state index in [-0.39, 0.29) is 41.9 Å². The molecule has 0 saturated carbocycles. The van der Waals surface area contributed by atoms with Crippen LogP contribution in [0.25, 0.3) is 0 Å². The second-order valence-electron chi connectivity index (χ2n) is 14.1. The second-order valence-corrected chi connectivity index (χ2v) is 14.1. The second kappa shape index (κ2) is 18.5. The van der Waals surface area contributed by atoms with Crippen LogP contribution in [0.4, 0.5) is 0 Å². The van der Waals surface area contributed by atoms with Gasteiger partial charge in [0.05, 0.1) is 5.56 Å². The summed E-state index contributed by atoms with van der Waals surface area (Å²) in [5.41, 5.74) is 0.290. The maximum absolute atomic E-state index is 14.2. The molecule has 0 radical (unpaired) electrons. The van der Waals surface area contributed by atoms with E-state index in [4.69, 9.17) is 9.26 Å². The number of aryl methyl sites for hydroxylation is 1. The first-order chi connectivity index (χ1) is 25.1. The average Bonchev–Trinajstić information content (AvgIpc) is 3.81. The Balaban J connectivity index is 1.41. The lowest BCUT2D eigenvalue weighted by atomic mass is 10.0. The third-order valence-corrected chi connectivity index (χ3v) is 9.68. The normalized spacial score (nSPS) is 22.0. The highest BCUT2D eigenvalue weighted by Gasteiger charge is 2.41. The van der Waals surface area contributed by atoms with Gasteiger partial charge in [0.15, 0.2) is 6.61 Å². The third kappa shape index (κ3) is 10.1. The lowest BCUT2D eigenvalue weighted by Crippen LogP contribution is -2.57. The van der Waals surface area contributed by atoms with Gasteiger partial charge in [0, 0.05) is 44.7 Å². The van der Waals surface area contributed by atoms with Crippen molar-refractivity contribution in [3.8, 4) is 5.75 Å². The molecule has 2 aliphatic rings. The summed E-state index contributed by atoms with van der Waals surface area (Å²) in [6.07, 6.45) is 9.09. The van der Waals surface area contributed by atoms with Crippen LogP contribution < -0.4 is 20.9 Å². The number of likely N-dealkylation sites (N-methyl/N-ethyl adjacent to an activating group) is 1. The molecule has 3 N–H and O–H groups in total. The van der Waals surface area contributed by atoms with Gasteiger partial charge in [-0.25, -0.2) is 0 Å². The molecular formula is C38H51N7O7. The van der Waals surface area contributed by atoms with Gasteiger partial charge in [-0.3, -0.25) is 24.0 Å². The molecule has 1 saturated heterocycles. The summed E-state index contributed by atoms with van der Waals surface area (Å²) in [5.74, 6) is -0.363. The minimum absolute atomic E-state index is 0.00340. The summed E-state index contributed by atoms with van der Waals surface area (Å²) < 4.78 is 11.4. The Morgan fingerprint density at radius 1 is 0.923 bits per heavy atom. The minimum Gasteiger partial charge on any atom is -0.485 e. The summed E-state index contributed by atoms with van der Waals surface area (Å²) in [4.78, 5) is 78.5. The summed E-state index contributed by atoms with van der Waals surface area (Å²) in [5, 5.41) is 9.95. The van der Waals surface area contributed by atoms with Crippen molar-refractivity contribution in [3.05, 3.63) is 75.8 Å². The van der Waals surface area contributed by atoms with Crippen LogP contribution >= 0.6 is 0 Å². The maximum atomic E-state index is 14.2. The Hall–Kier alpha value is -5.01. The molecule has 3 atom stereocenters. The lowest BCUT2D eigenvalue weighted by Gasteiger charge is -2.34. The van der Waals surface area contributed by atoms with Crippen LogP contribution in [-0.4, -0.2) is 86.8 Å². The van der Waals surface area contributed by atoms with E-state index in [1.807, 2.05) is 13.8 Å². The number of amides is 4. The number of rotatable bonds is 4. The standard InChI is InChI=1S/C38H51N7O7/c1-25(2)22-28-37(49)45-21-13-16-29(45)38(50)44(3)30(23-26-14-12-20-39-34(26)46)36(48)40-19-11-7-5-4-6-8-18-33-42-32(43-52-33)24-51-31-17-10-9-15-27(31)35(47)41-28/h9-10,12,14-15,17,20,25,28-30H,4-8,11,13,16,18-19,21-24H2,1-3H3,(H,39,46)(H,40,48)(H,41,47)/t28-,29-,30+/m1/s1. The molecule has 4 amide bonds. The number of carbonyl (C=O) groups excluding carboxylic acids is 4. The Labute approximate surface area is 304 Å². The first kappa shape index (κ1) is 38.2. The van der Waals surface area contributed by atoms with E-state index >= 15 is 0 Å². The van der Waals surface area contributed by atoms with E-state index in [9.17, 15) is 24.0 Å². The number of hydrogen-bond acceptors (Lipinski definition) is 9. The summed E-state index contributed by atoms with van der Waals surface area (Å²) in [6.45, 7) is 4.68. The highest BCUT2D eigenvalue weighted by atomic mass is 16.5. The van der Waals surface area contributed by atoms with Gasteiger partial charge in [-0.05, 0) is 56.2 Å². The number of H-pyrrole nitrogens is 1. The zero-order valence-electron chi connectivity index (χ0n) is 30.4. The van der Waals surface area contributed by atoms with E-state index in [0.29, 0.717) is 61.8 Å². The highest BCUT2D eigenvalue weighted by molar-refractivity contribution is 6.00. The van der Waals surface area contributed by atoms with E-state index in [0.717, 1.165) is 38.5 Å². The summed E-state index contributed by atoms with van der Waals surface area (Å²) in [6, 6.07) is 7.37. The predicted molar refractivity (Wildman–Crippen MR) is 192 cm³/mol. The van der Waals surface area contributed by atoms with Crippen LogP contribution in [0.5, 0.6) is 5.75 Å². The van der Waals surface area contributed by atoms with Gasteiger partial charge < -0.3 is 34.7 Å². The first-order valence-electron chi connectivity index (χ1n) is 18.5. The monoisotopic (exact) mass is 717 g/mol. The Morgan fingerprint density at radius 3 is 2.48 bits per heavy atom. The van der Waals surface area contributed by atoms with Gasteiger partial charge in [-0.15, -0.1) is 0 Å². The number of ether oxygens (including phenoxy) is 1. The summed E-state index contributed by atoms with van der Waals surface area (Å²) >= 11 is 0. The molecule has 4 heterocycles. The number of nitrogens with zero attached hydrogens (tertiary/aromatic N) is 4. The molecule has 3 aromatic rings. The predicted octanol–water partition coefficient (Wildman–Crippen LogP) is 3.56. The summed E-state index contributed by atoms with van der Waals surface area (Å²) in [7, 11) is 1.55. The van der Waals surface area contributed by atoms with Gasteiger partial charge in [0.2, 0.25) is 29.4 Å². The Kier molecular flexibility index (Phi) is 13.6. The molecule has 2 aromatic heterocycles. The zero-order chi connectivity index (χ0) is 37.0. The van der Waals surface area contributed by atoms with Crippen LogP contribution in [0.3, 0.4) is 0 Å². The fourth-order valence-corrected chi connectivity index (χ4v) is 6.85. The molecule has 14 nitrogen and oxygen atoms in total. The molecule has 2 bridgehead atoms. The van der Waals surface area contributed by atoms with Gasteiger partial charge in [0.1, 0.15) is 23.9 Å². The molecule has 14 heteroatoms. The molecule has 1 aromatic carbocycles. The van der Waals surface area contributed by atoms with Gasteiger partial charge in [-0.2, -0.15) is 4.98 Å². The van der Waals surface area contributed by atoms with Crippen molar-refractivity contribution < 1.29 is 28.4 Å². The topological polar surface area (TPSA) is 180 Å². The van der Waals surface area contributed by atoms with E-state index in [1.165, 1.54) is 16.0 Å². The van der Waals surface area contributed by atoms with Crippen LogP contribution in [0.15, 0.2) is 51.9 Å². The number of hydrogen-bond donors (Lipinski definition) is 3. The first-order valence-corrected chi connectivity index (χ1v) is 18.5. The number of pyridine rings is 1. The van der Waals surface area contributed by atoms with E-state index in [2.05, 4.69) is 25.8 Å². The molecule has 0 unspecified atom stereocenters. The van der Waals surface area contributed by atoms with E-state index < -0.39 is 29.9 Å². The maximum Gasteiger partial charge on any atom is 0.255 e. The molecule has 280 valence electrons. The van der Waals surface area contributed by atoms with Gasteiger partial charge in [0.25, 0.3) is 11.5 Å². The minimum atomic E-state index is -0.972. The van der Waals surface area contributed by atoms with Crippen molar-refractivity contribution in [2.75, 3.05) is 20.1 Å². The Bertz CT molecular complexity index is 1740. The zero-order valence-corrected chi connectivity index (χ0v) is 30.4. The third-order valence-electron chi connectivity index (χ3n) is 9.68. The fourth-order valence-electron chi connectivity index (χ4n) is 6.85. The lowest BCUT2D eigenvalue weighted by molar-refractivity contribution is -0.147. The number of aromatic amines is 1. The fraction of sp³-hybridized carbons (Fsp3) is 0.553. The number of nitrogens with one attached hydrogen (secondary N) is 3. The number of para-hydroxylation sites is 1. The van der Waals surface area contributed by atoms with Gasteiger partial charge in [-0.1, -0.05) is 62.9 Å². The number of aromatic nitrogens is 3. The van der Waals surface area contributed by atoms with Crippen LogP contribution in [0.1, 0.15) is 99.3 Å². The van der Waals surface area contributed by atoms with Crippen LogP contribution in [-0.2, 0) is 33.8 Å². The smallest absolute Gasteiger partial charge is 0.255 e. The van der Waals surface area contributed by atoms with Crippen molar-refractivity contribution in [2.45, 2.75) is 109 Å². The largest absolute Gasteiger partial charge is 0.485 e. The average molecular weight is 718 g/mol. The molecule has 1 fully saturated rings. The molecule has 2 aliphatic heterocycles. The van der Waals surface area contributed by atoms with Crippen molar-refractivity contribution in [3.63, 3.8) is 0 Å². The van der Waals surface area contributed by atoms with Crippen molar-refractivity contribution in [1.82, 2.24) is 35.6 Å². The van der Waals surface area contributed by atoms with Crippen molar-refractivity contribution in [1.29, 1.82) is 0 Å². The van der Waals surface area contributed by atoms with Crippen LogP contribution in [0, 0.1) is 5.92 Å². The quantitative estimate of drug-likeness (QED) is 0.364. The van der Waals surface area contributed by atoms with Crippen molar-refractivity contribution in [2.24, 2.45) is 5.92 Å². The molecule has 5 rings (SSSR count). The number of carbonyl (C=O) groups is 4. The molecule has 0 spiro atoms. The van der Waals surface area contributed by atoms with Crippen LogP contribution in [0.2, 0.25) is 0 Å². The number of fused-ring (bicyclic) bond motifs is 4. The molecular weight excluding hydrogens is 666 g/mol. The Morgan fingerprint density at radius 2 is 1.69 bits per heavy atom. The molecule has 0 aliphatic carbocycles. The SMILES string of the molecule is CC(C)C[C@H]1NC(=O)c2ccccc2OCc2noc(n2)CCCCCCCCNC(=O)[C@H](Cc2ccc[nH]c2=O)N(C)C(=O)[C@H]2CCCN2C1=O. The van der Waals surface area contributed by atoms with Crippen molar-refractivity contribution >= 4 is 23.6 Å². The van der Waals surface area contributed by atoms with Gasteiger partial charge >= 0.3 is 0 Å². The van der Waals surface area contributed by atoms with E-state index in [1.54, 1.807) is 43.4 Å². The highest BCUT2D eigenvalue weighted by Crippen LogP contribution is 2.25. The molecule has 52 heavy (non-hydrogen) atoms. The number of benzene rings is 1.